The van der Waals surface area contributed by atoms with Gasteiger partial charge in [0.15, 0.2) is 0 Å². The van der Waals surface area contributed by atoms with E-state index >= 15 is 0 Å². The van der Waals surface area contributed by atoms with Crippen LogP contribution < -0.4 is 10.5 Å². The second-order valence-corrected chi connectivity index (χ2v) is 5.45. The monoisotopic (exact) mass is 289 g/mol. The molecular weight excluding hydrogens is 270 g/mol. The van der Waals surface area contributed by atoms with E-state index in [-0.39, 0.29) is 6.04 Å². The molecule has 0 spiro atoms. The van der Waals surface area contributed by atoms with E-state index < -0.39 is 0 Å². The molecule has 2 N–H and O–H groups in total. The second kappa shape index (κ2) is 6.78. The minimum Gasteiger partial charge on any atom is -0.457 e. The number of hydrogen-bond acceptors (Lipinski definition) is 2. The standard InChI is InChI=1S/C17H20ClNO/c1-3-14(19)10-13-7-8-16(11-17(13)18)20-15-6-4-5-12(2)9-15/h4-9,11,14H,3,10,19H2,1-2H3. The summed E-state index contributed by atoms with van der Waals surface area (Å²) in [5.41, 5.74) is 8.20. The molecule has 0 heterocycles. The lowest BCUT2D eigenvalue weighted by atomic mass is 10.0. The molecule has 106 valence electrons. The Morgan fingerprint density at radius 3 is 2.55 bits per heavy atom. The van der Waals surface area contributed by atoms with E-state index in [0.29, 0.717) is 5.02 Å². The largest absolute Gasteiger partial charge is 0.457 e. The molecule has 2 rings (SSSR count). The number of aryl methyl sites for hydroxylation is 1. The van der Waals surface area contributed by atoms with Gasteiger partial charge >= 0.3 is 0 Å². The highest BCUT2D eigenvalue weighted by molar-refractivity contribution is 6.31. The molecule has 0 bridgehead atoms. The predicted molar refractivity (Wildman–Crippen MR) is 84.7 cm³/mol. The highest BCUT2D eigenvalue weighted by atomic mass is 35.5. The maximum absolute atomic E-state index is 6.29. The lowest BCUT2D eigenvalue weighted by molar-refractivity contribution is 0.482. The van der Waals surface area contributed by atoms with Crippen molar-refractivity contribution in [3.63, 3.8) is 0 Å². The van der Waals surface area contributed by atoms with Crippen LogP contribution in [0.2, 0.25) is 5.02 Å². The average molecular weight is 290 g/mol. The predicted octanol–water partition coefficient (Wildman–Crippen LogP) is 4.72. The van der Waals surface area contributed by atoms with Gasteiger partial charge in [-0.05, 0) is 55.2 Å². The molecule has 0 radical (unpaired) electrons. The lowest BCUT2D eigenvalue weighted by Gasteiger charge is -2.12. The van der Waals surface area contributed by atoms with E-state index in [2.05, 4.69) is 6.92 Å². The number of benzene rings is 2. The SMILES string of the molecule is CCC(N)Cc1ccc(Oc2cccc(C)c2)cc1Cl. The van der Waals surface area contributed by atoms with E-state index in [1.54, 1.807) is 0 Å². The van der Waals surface area contributed by atoms with Crippen LogP contribution in [0.4, 0.5) is 0 Å². The van der Waals surface area contributed by atoms with Gasteiger partial charge in [-0.2, -0.15) is 0 Å². The molecular formula is C17H20ClNO. The van der Waals surface area contributed by atoms with Gasteiger partial charge in [-0.15, -0.1) is 0 Å². The third kappa shape index (κ3) is 3.99. The Kier molecular flexibility index (Phi) is 5.05. The summed E-state index contributed by atoms with van der Waals surface area (Å²) in [6.45, 7) is 4.11. The van der Waals surface area contributed by atoms with Crippen molar-refractivity contribution in [2.45, 2.75) is 32.7 Å². The van der Waals surface area contributed by atoms with Crippen LogP contribution in [0.5, 0.6) is 11.5 Å². The zero-order valence-electron chi connectivity index (χ0n) is 11.9. The van der Waals surface area contributed by atoms with Gasteiger partial charge < -0.3 is 10.5 Å². The van der Waals surface area contributed by atoms with Gasteiger partial charge in [0.2, 0.25) is 0 Å². The summed E-state index contributed by atoms with van der Waals surface area (Å²) in [5.74, 6) is 1.56. The van der Waals surface area contributed by atoms with Crippen LogP contribution in [-0.2, 0) is 6.42 Å². The van der Waals surface area contributed by atoms with Crippen LogP contribution in [0.15, 0.2) is 42.5 Å². The molecule has 0 amide bonds. The summed E-state index contributed by atoms with van der Waals surface area (Å²) in [4.78, 5) is 0. The van der Waals surface area contributed by atoms with Gasteiger partial charge in [0.1, 0.15) is 11.5 Å². The Morgan fingerprint density at radius 2 is 1.90 bits per heavy atom. The zero-order chi connectivity index (χ0) is 14.5. The van der Waals surface area contributed by atoms with Crippen molar-refractivity contribution in [3.8, 4) is 11.5 Å². The molecule has 0 saturated heterocycles. The highest BCUT2D eigenvalue weighted by Crippen LogP contribution is 2.28. The van der Waals surface area contributed by atoms with Crippen molar-refractivity contribution in [2.24, 2.45) is 5.73 Å². The molecule has 0 aliphatic carbocycles. The fourth-order valence-electron chi connectivity index (χ4n) is 2.00. The third-order valence-corrected chi connectivity index (χ3v) is 3.61. The molecule has 1 atom stereocenters. The van der Waals surface area contributed by atoms with Crippen molar-refractivity contribution >= 4 is 11.6 Å². The Morgan fingerprint density at radius 1 is 1.15 bits per heavy atom. The first-order chi connectivity index (χ1) is 9.58. The van der Waals surface area contributed by atoms with Crippen LogP contribution in [0, 0.1) is 6.92 Å². The molecule has 0 aliphatic heterocycles. The van der Waals surface area contributed by atoms with Crippen molar-refractivity contribution in [3.05, 3.63) is 58.6 Å². The normalized spacial score (nSPS) is 12.2. The van der Waals surface area contributed by atoms with Crippen molar-refractivity contribution in [1.29, 1.82) is 0 Å². The van der Waals surface area contributed by atoms with Crippen molar-refractivity contribution in [1.82, 2.24) is 0 Å². The van der Waals surface area contributed by atoms with E-state index in [4.69, 9.17) is 22.1 Å². The first kappa shape index (κ1) is 14.9. The van der Waals surface area contributed by atoms with Crippen LogP contribution in [-0.4, -0.2) is 6.04 Å². The Hall–Kier alpha value is -1.51. The fourth-order valence-corrected chi connectivity index (χ4v) is 2.25. The minimum absolute atomic E-state index is 0.149. The number of ether oxygens (including phenoxy) is 1. The molecule has 0 aliphatic rings. The van der Waals surface area contributed by atoms with Gasteiger partial charge in [-0.3, -0.25) is 0 Å². The van der Waals surface area contributed by atoms with Crippen molar-refractivity contribution < 1.29 is 4.74 Å². The highest BCUT2D eigenvalue weighted by Gasteiger charge is 2.07. The van der Waals surface area contributed by atoms with Crippen LogP contribution in [0.25, 0.3) is 0 Å². The van der Waals surface area contributed by atoms with E-state index in [1.165, 1.54) is 5.56 Å². The summed E-state index contributed by atoms with van der Waals surface area (Å²) < 4.78 is 5.81. The molecule has 20 heavy (non-hydrogen) atoms. The number of nitrogens with two attached hydrogens (primary N) is 1. The quantitative estimate of drug-likeness (QED) is 0.864. The number of halogens is 1. The van der Waals surface area contributed by atoms with Crippen molar-refractivity contribution in [2.75, 3.05) is 0 Å². The van der Waals surface area contributed by atoms with Gasteiger partial charge in [-0.1, -0.05) is 36.7 Å². The smallest absolute Gasteiger partial charge is 0.128 e. The fraction of sp³-hybridized carbons (Fsp3) is 0.294. The summed E-state index contributed by atoms with van der Waals surface area (Å²) in [6, 6.07) is 13.9. The van der Waals surface area contributed by atoms with E-state index in [9.17, 15) is 0 Å². The summed E-state index contributed by atoms with van der Waals surface area (Å²) >= 11 is 6.29. The Bertz CT molecular complexity index is 583. The van der Waals surface area contributed by atoms with Gasteiger partial charge in [0, 0.05) is 11.1 Å². The number of hydrogen-bond donors (Lipinski definition) is 1. The first-order valence-corrected chi connectivity index (χ1v) is 7.25. The summed E-state index contributed by atoms with van der Waals surface area (Å²) in [7, 11) is 0. The maximum Gasteiger partial charge on any atom is 0.128 e. The van der Waals surface area contributed by atoms with Crippen LogP contribution in [0.3, 0.4) is 0 Å². The molecule has 0 aromatic heterocycles. The average Bonchev–Trinajstić information content (AvgIpc) is 2.41. The van der Waals surface area contributed by atoms with Gasteiger partial charge in [-0.25, -0.2) is 0 Å². The summed E-state index contributed by atoms with van der Waals surface area (Å²) in [5, 5.41) is 0.707. The third-order valence-electron chi connectivity index (χ3n) is 3.26. The Labute approximate surface area is 125 Å². The molecule has 2 aromatic carbocycles. The summed E-state index contributed by atoms with van der Waals surface area (Å²) in [6.07, 6.45) is 1.73. The number of rotatable bonds is 5. The molecule has 2 nitrogen and oxygen atoms in total. The first-order valence-electron chi connectivity index (χ1n) is 6.87. The molecule has 0 fully saturated rings. The zero-order valence-corrected chi connectivity index (χ0v) is 12.7. The van der Waals surface area contributed by atoms with Crippen LogP contribution in [0.1, 0.15) is 24.5 Å². The molecule has 1 unspecified atom stereocenters. The molecule has 0 saturated carbocycles. The van der Waals surface area contributed by atoms with Gasteiger partial charge in [0.05, 0.1) is 0 Å². The molecule has 3 heteroatoms. The lowest BCUT2D eigenvalue weighted by Crippen LogP contribution is -2.21. The van der Waals surface area contributed by atoms with E-state index in [1.807, 2.05) is 49.4 Å². The topological polar surface area (TPSA) is 35.2 Å². The minimum atomic E-state index is 0.149. The molecule has 2 aromatic rings. The van der Waals surface area contributed by atoms with Crippen LogP contribution >= 0.6 is 11.6 Å². The maximum atomic E-state index is 6.29. The van der Waals surface area contributed by atoms with Gasteiger partial charge in [0.25, 0.3) is 0 Å². The Balaban J connectivity index is 2.13. The second-order valence-electron chi connectivity index (χ2n) is 5.04. The van der Waals surface area contributed by atoms with E-state index in [0.717, 1.165) is 29.9 Å².